The maximum Gasteiger partial charge on any atom is 0.200 e. The fourth-order valence-corrected chi connectivity index (χ4v) is 3.15. The quantitative estimate of drug-likeness (QED) is 0.826. The zero-order chi connectivity index (χ0) is 13.2. The second-order valence-corrected chi connectivity index (χ2v) is 5.76. The van der Waals surface area contributed by atoms with Crippen LogP contribution >= 0.6 is 22.6 Å². The predicted octanol–water partition coefficient (Wildman–Crippen LogP) is 2.78. The van der Waals surface area contributed by atoms with E-state index in [4.69, 9.17) is 5.73 Å². The summed E-state index contributed by atoms with van der Waals surface area (Å²) in [4.78, 5) is 17.4. The van der Waals surface area contributed by atoms with E-state index in [0.29, 0.717) is 23.4 Å². The summed E-state index contributed by atoms with van der Waals surface area (Å²) in [6.45, 7) is 0. The molecule has 2 aromatic heterocycles. The van der Waals surface area contributed by atoms with Gasteiger partial charge in [-0.05, 0) is 41.5 Å². The minimum absolute atomic E-state index is 0.500. The molecule has 0 bridgehead atoms. The van der Waals surface area contributed by atoms with Crippen molar-refractivity contribution in [3.05, 3.63) is 27.7 Å². The van der Waals surface area contributed by atoms with E-state index in [1.165, 1.54) is 25.7 Å². The Morgan fingerprint density at radius 3 is 2.42 bits per heavy atom. The normalized spacial score (nSPS) is 15.8. The minimum Gasteiger partial charge on any atom is -0.383 e. The summed E-state index contributed by atoms with van der Waals surface area (Å²) in [7, 11) is 0. The van der Waals surface area contributed by atoms with Gasteiger partial charge in [0.05, 0.1) is 9.26 Å². The molecule has 0 unspecified atom stereocenters. The Balaban J connectivity index is 2.07. The number of nitrogen functional groups attached to an aromatic ring is 1. The van der Waals surface area contributed by atoms with E-state index in [-0.39, 0.29) is 0 Å². The maximum absolute atomic E-state index is 6.01. The number of anilines is 1. The number of aromatic nitrogens is 4. The first-order valence-electron chi connectivity index (χ1n) is 6.36. The standard InChI is InChI=1S/C13H14IN5/c14-9-10(8-4-1-2-5-8)18-13(19-11(9)15)12-16-6-3-7-17-12/h3,6-8H,1-2,4-5H2,(H2,15,18,19). The van der Waals surface area contributed by atoms with Crippen LogP contribution in [-0.2, 0) is 0 Å². The first kappa shape index (κ1) is 12.7. The highest BCUT2D eigenvalue weighted by Gasteiger charge is 2.23. The van der Waals surface area contributed by atoms with Gasteiger partial charge < -0.3 is 5.73 Å². The zero-order valence-electron chi connectivity index (χ0n) is 10.4. The number of nitrogens with two attached hydrogens (primary N) is 1. The lowest BCUT2D eigenvalue weighted by atomic mass is 10.0. The fourth-order valence-electron chi connectivity index (χ4n) is 2.47. The third-order valence-electron chi connectivity index (χ3n) is 3.41. The van der Waals surface area contributed by atoms with Crippen LogP contribution in [-0.4, -0.2) is 19.9 Å². The molecule has 3 rings (SSSR count). The highest BCUT2D eigenvalue weighted by Crippen LogP contribution is 2.36. The van der Waals surface area contributed by atoms with Gasteiger partial charge in [0.1, 0.15) is 5.82 Å². The van der Waals surface area contributed by atoms with Crippen LogP contribution in [0.4, 0.5) is 5.82 Å². The van der Waals surface area contributed by atoms with E-state index in [0.717, 1.165) is 9.26 Å². The van der Waals surface area contributed by atoms with E-state index in [2.05, 4.69) is 42.5 Å². The molecule has 1 aliphatic carbocycles. The summed E-state index contributed by atoms with van der Waals surface area (Å²) >= 11 is 2.24. The average Bonchev–Trinajstić information content (AvgIpc) is 2.96. The third-order valence-corrected chi connectivity index (χ3v) is 4.52. The zero-order valence-corrected chi connectivity index (χ0v) is 12.5. The van der Waals surface area contributed by atoms with Crippen molar-refractivity contribution >= 4 is 28.4 Å². The molecule has 1 saturated carbocycles. The van der Waals surface area contributed by atoms with Crippen molar-refractivity contribution in [2.75, 3.05) is 5.73 Å². The van der Waals surface area contributed by atoms with E-state index in [1.807, 2.05) is 0 Å². The average molecular weight is 367 g/mol. The largest absolute Gasteiger partial charge is 0.383 e. The minimum atomic E-state index is 0.500. The van der Waals surface area contributed by atoms with Gasteiger partial charge in [-0.1, -0.05) is 12.8 Å². The number of halogens is 1. The lowest BCUT2D eigenvalue weighted by molar-refractivity contribution is 0.690. The third kappa shape index (κ3) is 2.54. The second-order valence-electron chi connectivity index (χ2n) is 4.69. The van der Waals surface area contributed by atoms with Gasteiger partial charge >= 0.3 is 0 Å². The molecule has 0 aliphatic heterocycles. The Morgan fingerprint density at radius 1 is 1.05 bits per heavy atom. The van der Waals surface area contributed by atoms with Crippen LogP contribution in [0.1, 0.15) is 37.3 Å². The predicted molar refractivity (Wildman–Crippen MR) is 81.4 cm³/mol. The highest BCUT2D eigenvalue weighted by atomic mass is 127. The SMILES string of the molecule is Nc1nc(-c2ncccn2)nc(C2CCCC2)c1I. The van der Waals surface area contributed by atoms with Gasteiger partial charge in [-0.15, -0.1) is 0 Å². The van der Waals surface area contributed by atoms with Gasteiger partial charge in [0.2, 0.25) is 0 Å². The number of nitrogens with zero attached hydrogens (tertiary/aromatic N) is 4. The van der Waals surface area contributed by atoms with Gasteiger partial charge in [0.15, 0.2) is 11.6 Å². The first-order chi connectivity index (χ1) is 9.25. The van der Waals surface area contributed by atoms with Crippen molar-refractivity contribution in [1.29, 1.82) is 0 Å². The fraction of sp³-hybridized carbons (Fsp3) is 0.385. The van der Waals surface area contributed by atoms with Gasteiger partial charge in [-0.25, -0.2) is 19.9 Å². The molecule has 1 fully saturated rings. The van der Waals surface area contributed by atoms with Crippen LogP contribution in [0.15, 0.2) is 18.5 Å². The number of hydrogen-bond acceptors (Lipinski definition) is 5. The Hall–Kier alpha value is -1.31. The summed E-state index contributed by atoms with van der Waals surface area (Å²) in [6, 6.07) is 1.78. The molecule has 2 N–H and O–H groups in total. The van der Waals surface area contributed by atoms with Gasteiger partial charge in [-0.2, -0.15) is 0 Å². The summed E-state index contributed by atoms with van der Waals surface area (Å²) in [5.74, 6) is 2.09. The molecule has 0 spiro atoms. The van der Waals surface area contributed by atoms with Crippen molar-refractivity contribution in [3.8, 4) is 11.6 Å². The van der Waals surface area contributed by atoms with Crippen LogP contribution in [0, 0.1) is 3.57 Å². The molecule has 6 heteroatoms. The van der Waals surface area contributed by atoms with Crippen LogP contribution in [0.25, 0.3) is 11.6 Å². The molecule has 5 nitrogen and oxygen atoms in total. The monoisotopic (exact) mass is 367 g/mol. The molecule has 0 radical (unpaired) electrons. The van der Waals surface area contributed by atoms with Crippen LogP contribution in [0.5, 0.6) is 0 Å². The van der Waals surface area contributed by atoms with Crippen LogP contribution in [0.3, 0.4) is 0 Å². The van der Waals surface area contributed by atoms with Gasteiger partial charge in [0.25, 0.3) is 0 Å². The number of hydrogen-bond donors (Lipinski definition) is 1. The maximum atomic E-state index is 6.01. The Morgan fingerprint density at radius 2 is 1.74 bits per heavy atom. The molecule has 0 aromatic carbocycles. The van der Waals surface area contributed by atoms with Crippen molar-refractivity contribution in [3.63, 3.8) is 0 Å². The van der Waals surface area contributed by atoms with Gasteiger partial charge in [0, 0.05) is 18.3 Å². The van der Waals surface area contributed by atoms with E-state index in [1.54, 1.807) is 18.5 Å². The van der Waals surface area contributed by atoms with Crippen LogP contribution < -0.4 is 5.73 Å². The summed E-state index contributed by atoms with van der Waals surface area (Å²) in [5, 5.41) is 0. The molecule has 2 heterocycles. The van der Waals surface area contributed by atoms with Crippen molar-refractivity contribution in [2.45, 2.75) is 31.6 Å². The molecule has 0 saturated heterocycles. The molecule has 0 atom stereocenters. The van der Waals surface area contributed by atoms with Gasteiger partial charge in [-0.3, -0.25) is 0 Å². The molecule has 0 amide bonds. The smallest absolute Gasteiger partial charge is 0.200 e. The Bertz CT molecular complexity index is 581. The molecule has 19 heavy (non-hydrogen) atoms. The first-order valence-corrected chi connectivity index (χ1v) is 7.44. The summed E-state index contributed by atoms with van der Waals surface area (Å²) in [5.41, 5.74) is 7.08. The summed E-state index contributed by atoms with van der Waals surface area (Å²) < 4.78 is 0.976. The molecular formula is C13H14IN5. The molecule has 2 aromatic rings. The lowest BCUT2D eigenvalue weighted by Gasteiger charge is -2.13. The molecule has 1 aliphatic rings. The van der Waals surface area contributed by atoms with Crippen molar-refractivity contribution in [2.24, 2.45) is 0 Å². The highest BCUT2D eigenvalue weighted by molar-refractivity contribution is 14.1. The van der Waals surface area contributed by atoms with Crippen LogP contribution in [0.2, 0.25) is 0 Å². The summed E-state index contributed by atoms with van der Waals surface area (Å²) in [6.07, 6.45) is 8.27. The Labute approximate surface area is 125 Å². The topological polar surface area (TPSA) is 77.6 Å². The lowest BCUT2D eigenvalue weighted by Crippen LogP contribution is -2.08. The molecule has 98 valence electrons. The van der Waals surface area contributed by atoms with Crippen molar-refractivity contribution < 1.29 is 0 Å². The Kier molecular flexibility index (Phi) is 3.58. The van der Waals surface area contributed by atoms with Crippen molar-refractivity contribution in [1.82, 2.24) is 19.9 Å². The van der Waals surface area contributed by atoms with E-state index in [9.17, 15) is 0 Å². The van der Waals surface area contributed by atoms with E-state index < -0.39 is 0 Å². The van der Waals surface area contributed by atoms with E-state index >= 15 is 0 Å². The second kappa shape index (κ2) is 5.36. The molecular weight excluding hydrogens is 353 g/mol. The number of rotatable bonds is 2.